The van der Waals surface area contributed by atoms with Gasteiger partial charge < -0.3 is 10.0 Å². The van der Waals surface area contributed by atoms with Crippen LogP contribution in [-0.2, 0) is 4.79 Å². The second-order valence-corrected chi connectivity index (χ2v) is 6.79. The minimum absolute atomic E-state index is 0.0568. The monoisotopic (exact) mass is 319 g/mol. The van der Waals surface area contributed by atoms with Crippen LogP contribution in [0.25, 0.3) is 6.08 Å². The zero-order chi connectivity index (χ0) is 15.9. The van der Waals surface area contributed by atoms with Gasteiger partial charge in [-0.1, -0.05) is 12.1 Å². The van der Waals surface area contributed by atoms with E-state index in [0.29, 0.717) is 12.0 Å². The molecule has 1 aliphatic carbocycles. The number of amides is 1. The standard InChI is InChI=1S/C18H25NO2S/c1-19(16-8-3-15(13-20)4-9-16)18(21)12-7-14-5-10-17(22-2)11-6-14/h5-7,10-12,15-16,20H,3-4,8-9,13H2,1-2H3/b12-7+. The highest BCUT2D eigenvalue weighted by Gasteiger charge is 2.25. The van der Waals surface area contributed by atoms with E-state index in [4.69, 9.17) is 0 Å². The summed E-state index contributed by atoms with van der Waals surface area (Å²) in [7, 11) is 1.88. The summed E-state index contributed by atoms with van der Waals surface area (Å²) in [5, 5.41) is 9.18. The number of likely N-dealkylation sites (N-methyl/N-ethyl adjacent to an activating group) is 1. The van der Waals surface area contributed by atoms with Crippen LogP contribution < -0.4 is 0 Å². The quantitative estimate of drug-likeness (QED) is 0.668. The summed E-state index contributed by atoms with van der Waals surface area (Å²) in [6.07, 6.45) is 9.59. The van der Waals surface area contributed by atoms with E-state index in [9.17, 15) is 9.90 Å². The van der Waals surface area contributed by atoms with E-state index in [1.165, 1.54) is 4.90 Å². The number of carbonyl (C=O) groups is 1. The van der Waals surface area contributed by atoms with Crippen molar-refractivity contribution < 1.29 is 9.90 Å². The summed E-state index contributed by atoms with van der Waals surface area (Å²) >= 11 is 1.71. The highest BCUT2D eigenvalue weighted by Crippen LogP contribution is 2.26. The van der Waals surface area contributed by atoms with Crippen LogP contribution in [0.2, 0.25) is 0 Å². The van der Waals surface area contributed by atoms with Crippen molar-refractivity contribution in [1.29, 1.82) is 0 Å². The van der Waals surface area contributed by atoms with Gasteiger partial charge in [-0.25, -0.2) is 0 Å². The first-order chi connectivity index (χ1) is 10.6. The molecule has 0 radical (unpaired) electrons. The number of thioether (sulfide) groups is 1. The zero-order valence-corrected chi connectivity index (χ0v) is 14.2. The van der Waals surface area contributed by atoms with Crippen LogP contribution in [0.3, 0.4) is 0 Å². The highest BCUT2D eigenvalue weighted by atomic mass is 32.2. The van der Waals surface area contributed by atoms with Crippen molar-refractivity contribution in [2.45, 2.75) is 36.6 Å². The van der Waals surface area contributed by atoms with E-state index in [1.54, 1.807) is 17.8 Å². The third-order valence-electron chi connectivity index (χ3n) is 4.50. The van der Waals surface area contributed by atoms with Crippen LogP contribution in [0.1, 0.15) is 31.2 Å². The molecule has 0 atom stereocenters. The van der Waals surface area contributed by atoms with Crippen molar-refractivity contribution in [2.24, 2.45) is 5.92 Å². The van der Waals surface area contributed by atoms with Crippen molar-refractivity contribution in [3.8, 4) is 0 Å². The number of benzene rings is 1. The smallest absolute Gasteiger partial charge is 0.246 e. The Bertz CT molecular complexity index is 504. The molecule has 1 amide bonds. The Kier molecular flexibility index (Phi) is 6.52. The minimum Gasteiger partial charge on any atom is -0.396 e. The van der Waals surface area contributed by atoms with Crippen LogP contribution in [0.5, 0.6) is 0 Å². The summed E-state index contributed by atoms with van der Waals surface area (Å²) < 4.78 is 0. The van der Waals surface area contributed by atoms with E-state index in [-0.39, 0.29) is 12.5 Å². The van der Waals surface area contributed by atoms with Gasteiger partial charge in [0.25, 0.3) is 0 Å². The third-order valence-corrected chi connectivity index (χ3v) is 5.25. The second-order valence-electron chi connectivity index (χ2n) is 5.91. The van der Waals surface area contributed by atoms with Gasteiger partial charge in [0.15, 0.2) is 0 Å². The number of hydrogen-bond donors (Lipinski definition) is 1. The van der Waals surface area contributed by atoms with E-state index in [0.717, 1.165) is 31.2 Å². The fourth-order valence-corrected chi connectivity index (χ4v) is 3.30. The first-order valence-corrected chi connectivity index (χ1v) is 9.06. The molecule has 0 bridgehead atoms. The summed E-state index contributed by atoms with van der Waals surface area (Å²) in [5.41, 5.74) is 1.04. The molecule has 1 aromatic rings. The van der Waals surface area contributed by atoms with Gasteiger partial charge in [-0.2, -0.15) is 0 Å². The molecule has 3 nitrogen and oxygen atoms in total. The molecular weight excluding hydrogens is 294 g/mol. The molecular formula is C18H25NO2S. The Morgan fingerprint density at radius 2 is 1.91 bits per heavy atom. The lowest BCUT2D eigenvalue weighted by atomic mass is 9.86. The fraction of sp³-hybridized carbons (Fsp3) is 0.500. The molecule has 0 saturated heterocycles. The SMILES string of the molecule is CSc1ccc(/C=C/C(=O)N(C)C2CCC(CO)CC2)cc1. The maximum absolute atomic E-state index is 12.3. The van der Waals surface area contributed by atoms with Gasteiger partial charge in [0.2, 0.25) is 5.91 Å². The predicted molar refractivity (Wildman–Crippen MR) is 92.9 cm³/mol. The largest absolute Gasteiger partial charge is 0.396 e. The van der Waals surface area contributed by atoms with Gasteiger partial charge in [-0.15, -0.1) is 11.8 Å². The average Bonchev–Trinajstić information content (AvgIpc) is 2.59. The van der Waals surface area contributed by atoms with E-state index in [2.05, 4.69) is 18.4 Å². The Labute approximate surface area is 137 Å². The lowest BCUT2D eigenvalue weighted by Gasteiger charge is -2.33. The van der Waals surface area contributed by atoms with Crippen molar-refractivity contribution in [2.75, 3.05) is 19.9 Å². The maximum Gasteiger partial charge on any atom is 0.246 e. The zero-order valence-electron chi connectivity index (χ0n) is 13.4. The topological polar surface area (TPSA) is 40.5 Å². The van der Waals surface area contributed by atoms with Gasteiger partial charge in [0.1, 0.15) is 0 Å². The van der Waals surface area contributed by atoms with Gasteiger partial charge in [-0.3, -0.25) is 4.79 Å². The second kappa shape index (κ2) is 8.39. The predicted octanol–water partition coefficient (Wildman–Crippen LogP) is 3.43. The summed E-state index contributed by atoms with van der Waals surface area (Å²) in [6, 6.07) is 8.49. The molecule has 2 rings (SSSR count). The molecule has 0 heterocycles. The van der Waals surface area contributed by atoms with Crippen LogP contribution in [0.4, 0.5) is 0 Å². The van der Waals surface area contributed by atoms with Crippen molar-refractivity contribution in [3.63, 3.8) is 0 Å². The maximum atomic E-state index is 12.3. The highest BCUT2D eigenvalue weighted by molar-refractivity contribution is 7.98. The average molecular weight is 319 g/mol. The summed E-state index contributed by atoms with van der Waals surface area (Å²) in [5.74, 6) is 0.478. The number of aliphatic hydroxyl groups is 1. The molecule has 4 heteroatoms. The molecule has 1 aromatic carbocycles. The van der Waals surface area contributed by atoms with Crippen LogP contribution >= 0.6 is 11.8 Å². The number of nitrogens with zero attached hydrogens (tertiary/aromatic N) is 1. The van der Waals surface area contributed by atoms with E-state index < -0.39 is 0 Å². The Morgan fingerprint density at radius 1 is 1.27 bits per heavy atom. The third kappa shape index (κ3) is 4.62. The van der Waals surface area contributed by atoms with Gasteiger partial charge in [0, 0.05) is 30.7 Å². The molecule has 1 fully saturated rings. The van der Waals surface area contributed by atoms with Crippen molar-refractivity contribution >= 4 is 23.7 Å². The fourth-order valence-electron chi connectivity index (χ4n) is 2.89. The number of aliphatic hydroxyl groups excluding tert-OH is 1. The number of carbonyl (C=O) groups excluding carboxylic acids is 1. The molecule has 0 aliphatic heterocycles. The van der Waals surface area contributed by atoms with Crippen LogP contribution in [0, 0.1) is 5.92 Å². The Hall–Kier alpha value is -1.26. The Balaban J connectivity index is 1.89. The van der Waals surface area contributed by atoms with Crippen LogP contribution in [-0.4, -0.2) is 41.9 Å². The molecule has 120 valence electrons. The number of rotatable bonds is 5. The molecule has 1 saturated carbocycles. The normalized spacial score (nSPS) is 22.0. The molecule has 0 unspecified atom stereocenters. The van der Waals surface area contributed by atoms with Gasteiger partial charge in [-0.05, 0) is 61.6 Å². The first-order valence-electron chi connectivity index (χ1n) is 7.84. The van der Waals surface area contributed by atoms with Gasteiger partial charge >= 0.3 is 0 Å². The molecule has 0 spiro atoms. The van der Waals surface area contributed by atoms with Crippen molar-refractivity contribution in [3.05, 3.63) is 35.9 Å². The Morgan fingerprint density at radius 3 is 2.45 bits per heavy atom. The molecule has 0 aromatic heterocycles. The van der Waals surface area contributed by atoms with E-state index >= 15 is 0 Å². The summed E-state index contributed by atoms with van der Waals surface area (Å²) in [4.78, 5) is 15.3. The molecule has 1 aliphatic rings. The van der Waals surface area contributed by atoms with Crippen LogP contribution in [0.15, 0.2) is 35.2 Å². The molecule has 22 heavy (non-hydrogen) atoms. The first kappa shape index (κ1) is 17.1. The van der Waals surface area contributed by atoms with E-state index in [1.807, 2.05) is 30.2 Å². The lowest BCUT2D eigenvalue weighted by Crippen LogP contribution is -2.39. The van der Waals surface area contributed by atoms with Gasteiger partial charge in [0.05, 0.1) is 0 Å². The minimum atomic E-state index is 0.0568. The number of hydrogen-bond acceptors (Lipinski definition) is 3. The lowest BCUT2D eigenvalue weighted by molar-refractivity contribution is -0.127. The van der Waals surface area contributed by atoms with Crippen molar-refractivity contribution in [1.82, 2.24) is 4.90 Å². The summed E-state index contributed by atoms with van der Waals surface area (Å²) in [6.45, 7) is 0.274. The molecule has 1 N–H and O–H groups in total.